The average Bonchev–Trinajstić information content (AvgIpc) is 2.18. The Morgan fingerprint density at radius 3 is 2.27 bits per heavy atom. The van der Waals surface area contributed by atoms with E-state index in [1.54, 1.807) is 6.92 Å². The van der Waals surface area contributed by atoms with E-state index in [2.05, 4.69) is 6.58 Å². The molecule has 0 aliphatic heterocycles. The van der Waals surface area contributed by atoms with Gasteiger partial charge < -0.3 is 0 Å². The Labute approximate surface area is 95.8 Å². The van der Waals surface area contributed by atoms with Gasteiger partial charge in [0.1, 0.15) is 4.87 Å². The number of ketones is 1. The summed E-state index contributed by atoms with van der Waals surface area (Å²) in [5, 5.41) is 0. The molecule has 0 amide bonds. The number of hydrogen-bond acceptors (Lipinski definition) is 1. The van der Waals surface area contributed by atoms with Crippen LogP contribution in [0.2, 0.25) is 0 Å². The molecular weight excluding hydrogens is 208 g/mol. The summed E-state index contributed by atoms with van der Waals surface area (Å²) in [6.07, 6.45) is 0.500. The van der Waals surface area contributed by atoms with Gasteiger partial charge in [-0.25, -0.2) is 0 Å². The Morgan fingerprint density at radius 2 is 1.87 bits per heavy atom. The molecule has 0 radical (unpaired) electrons. The number of alkyl halides is 1. The highest BCUT2D eigenvalue weighted by molar-refractivity contribution is 6.37. The predicted octanol–water partition coefficient (Wildman–Crippen LogP) is 3.37. The van der Waals surface area contributed by atoms with E-state index in [0.717, 1.165) is 5.56 Å². The normalized spacial score (nSPS) is 14.3. The molecule has 0 bridgehead atoms. The fourth-order valence-corrected chi connectivity index (χ4v) is 1.61. The zero-order valence-corrected chi connectivity index (χ0v) is 9.84. The lowest BCUT2D eigenvalue weighted by atomic mass is 9.89. The summed E-state index contributed by atoms with van der Waals surface area (Å²) in [5.74, 6) is -0.0551. The first-order chi connectivity index (χ1) is 6.97. The molecule has 1 aromatic rings. The van der Waals surface area contributed by atoms with E-state index < -0.39 is 4.87 Å². The minimum atomic E-state index is -0.957. The molecule has 1 unspecified atom stereocenters. The highest BCUT2D eigenvalue weighted by Gasteiger charge is 2.33. The molecule has 0 aliphatic rings. The second kappa shape index (κ2) is 4.63. The van der Waals surface area contributed by atoms with E-state index >= 15 is 0 Å². The van der Waals surface area contributed by atoms with Crippen LogP contribution in [0, 0.1) is 0 Å². The van der Waals surface area contributed by atoms with Crippen LogP contribution in [0.3, 0.4) is 0 Å². The van der Waals surface area contributed by atoms with Crippen molar-refractivity contribution in [2.24, 2.45) is 0 Å². The SMILES string of the molecule is C=C(C)C(Cl)(Cc1ccccc1)C(C)=O. The van der Waals surface area contributed by atoms with Gasteiger partial charge in [-0.1, -0.05) is 42.5 Å². The summed E-state index contributed by atoms with van der Waals surface area (Å²) < 4.78 is 0. The van der Waals surface area contributed by atoms with Crippen LogP contribution in [-0.4, -0.2) is 10.7 Å². The number of halogens is 1. The Morgan fingerprint density at radius 1 is 1.33 bits per heavy atom. The molecule has 0 heterocycles. The maximum atomic E-state index is 11.5. The lowest BCUT2D eigenvalue weighted by Gasteiger charge is -2.24. The number of allylic oxidation sites excluding steroid dienone is 1. The molecule has 0 saturated heterocycles. The van der Waals surface area contributed by atoms with Crippen LogP contribution in [0.4, 0.5) is 0 Å². The lowest BCUT2D eigenvalue weighted by molar-refractivity contribution is -0.118. The van der Waals surface area contributed by atoms with Crippen LogP contribution in [-0.2, 0) is 11.2 Å². The lowest BCUT2D eigenvalue weighted by Crippen LogP contribution is -2.34. The summed E-state index contributed by atoms with van der Waals surface area (Å²) in [4.78, 5) is 10.6. The Hall–Kier alpha value is -1.08. The maximum absolute atomic E-state index is 11.5. The standard InChI is InChI=1S/C13H15ClO/c1-10(2)13(14,11(3)15)9-12-7-5-4-6-8-12/h4-8H,1,9H2,2-3H3. The number of rotatable bonds is 4. The summed E-state index contributed by atoms with van der Waals surface area (Å²) >= 11 is 6.29. The molecular formula is C13H15ClO. The van der Waals surface area contributed by atoms with Crippen LogP contribution in [0.1, 0.15) is 19.4 Å². The maximum Gasteiger partial charge on any atom is 0.155 e. The third kappa shape index (κ3) is 2.69. The third-order valence-electron chi connectivity index (χ3n) is 2.53. The van der Waals surface area contributed by atoms with Gasteiger partial charge in [0.25, 0.3) is 0 Å². The molecule has 0 aromatic heterocycles. The van der Waals surface area contributed by atoms with Crippen LogP contribution in [0.5, 0.6) is 0 Å². The van der Waals surface area contributed by atoms with Gasteiger partial charge in [-0.15, -0.1) is 11.6 Å². The fraction of sp³-hybridized carbons (Fsp3) is 0.308. The number of hydrogen-bond donors (Lipinski definition) is 0. The second-order valence-corrected chi connectivity index (χ2v) is 4.45. The molecule has 1 atom stereocenters. The van der Waals surface area contributed by atoms with E-state index in [-0.39, 0.29) is 5.78 Å². The highest BCUT2D eigenvalue weighted by atomic mass is 35.5. The molecule has 15 heavy (non-hydrogen) atoms. The predicted molar refractivity (Wildman–Crippen MR) is 64.2 cm³/mol. The fourth-order valence-electron chi connectivity index (χ4n) is 1.45. The van der Waals surface area contributed by atoms with Gasteiger partial charge in [0.2, 0.25) is 0 Å². The average molecular weight is 223 g/mol. The van der Waals surface area contributed by atoms with Crippen molar-refractivity contribution < 1.29 is 4.79 Å². The molecule has 0 spiro atoms. The molecule has 0 aliphatic carbocycles. The first kappa shape index (κ1) is 12.0. The number of Topliss-reactive ketones (excluding diaryl/α,β-unsaturated/α-hetero) is 1. The smallest absolute Gasteiger partial charge is 0.155 e. The monoisotopic (exact) mass is 222 g/mol. The van der Waals surface area contributed by atoms with E-state index in [0.29, 0.717) is 12.0 Å². The quantitative estimate of drug-likeness (QED) is 0.564. The molecule has 2 heteroatoms. The summed E-state index contributed by atoms with van der Waals surface area (Å²) in [7, 11) is 0. The minimum absolute atomic E-state index is 0.0551. The van der Waals surface area contributed by atoms with Gasteiger partial charge in [-0.2, -0.15) is 0 Å². The van der Waals surface area contributed by atoms with Gasteiger partial charge in [0.05, 0.1) is 0 Å². The zero-order chi connectivity index (χ0) is 11.5. The largest absolute Gasteiger partial charge is 0.298 e. The second-order valence-electron chi connectivity index (χ2n) is 3.80. The van der Waals surface area contributed by atoms with Crippen molar-refractivity contribution in [3.63, 3.8) is 0 Å². The molecule has 0 N–H and O–H groups in total. The molecule has 1 rings (SSSR count). The van der Waals surface area contributed by atoms with Crippen molar-refractivity contribution in [1.29, 1.82) is 0 Å². The van der Waals surface area contributed by atoms with E-state index in [1.807, 2.05) is 30.3 Å². The minimum Gasteiger partial charge on any atom is -0.298 e. The zero-order valence-electron chi connectivity index (χ0n) is 9.09. The summed E-state index contributed by atoms with van der Waals surface area (Å²) in [6, 6.07) is 9.73. The van der Waals surface area contributed by atoms with E-state index in [1.165, 1.54) is 6.92 Å². The number of benzene rings is 1. The summed E-state index contributed by atoms with van der Waals surface area (Å²) in [5.41, 5.74) is 1.74. The van der Waals surface area contributed by atoms with E-state index in [9.17, 15) is 4.79 Å². The van der Waals surface area contributed by atoms with Crippen LogP contribution >= 0.6 is 11.6 Å². The van der Waals surface area contributed by atoms with Crippen molar-refractivity contribution in [2.75, 3.05) is 0 Å². The van der Waals surface area contributed by atoms with Gasteiger partial charge in [-0.05, 0) is 19.4 Å². The van der Waals surface area contributed by atoms with Crippen LogP contribution < -0.4 is 0 Å². The Kier molecular flexibility index (Phi) is 3.70. The van der Waals surface area contributed by atoms with E-state index in [4.69, 9.17) is 11.6 Å². The van der Waals surface area contributed by atoms with Gasteiger partial charge in [0.15, 0.2) is 5.78 Å². The van der Waals surface area contributed by atoms with Crippen molar-refractivity contribution in [1.82, 2.24) is 0 Å². The first-order valence-electron chi connectivity index (χ1n) is 4.86. The van der Waals surface area contributed by atoms with Crippen molar-refractivity contribution in [3.05, 3.63) is 48.0 Å². The van der Waals surface area contributed by atoms with Crippen molar-refractivity contribution in [2.45, 2.75) is 25.1 Å². The summed E-state index contributed by atoms with van der Waals surface area (Å²) in [6.45, 7) is 7.09. The third-order valence-corrected chi connectivity index (χ3v) is 3.25. The highest BCUT2D eigenvalue weighted by Crippen LogP contribution is 2.29. The molecule has 0 saturated carbocycles. The Bertz CT molecular complexity index is 353. The molecule has 1 nitrogen and oxygen atoms in total. The van der Waals surface area contributed by atoms with Crippen LogP contribution in [0.15, 0.2) is 42.5 Å². The topological polar surface area (TPSA) is 17.1 Å². The van der Waals surface area contributed by atoms with Gasteiger partial charge >= 0.3 is 0 Å². The number of carbonyl (C=O) groups is 1. The Balaban J connectivity index is 2.95. The molecule has 80 valence electrons. The van der Waals surface area contributed by atoms with Gasteiger partial charge in [-0.3, -0.25) is 4.79 Å². The van der Waals surface area contributed by atoms with Crippen molar-refractivity contribution >= 4 is 17.4 Å². The number of carbonyl (C=O) groups excluding carboxylic acids is 1. The van der Waals surface area contributed by atoms with Gasteiger partial charge in [0, 0.05) is 6.42 Å². The first-order valence-corrected chi connectivity index (χ1v) is 5.24. The van der Waals surface area contributed by atoms with Crippen molar-refractivity contribution in [3.8, 4) is 0 Å². The molecule has 1 aromatic carbocycles. The molecule has 0 fully saturated rings. The van der Waals surface area contributed by atoms with Crippen LogP contribution in [0.25, 0.3) is 0 Å².